The third-order valence-corrected chi connectivity index (χ3v) is 4.86. The zero-order valence-electron chi connectivity index (χ0n) is 13.1. The Labute approximate surface area is 150 Å². The van der Waals surface area contributed by atoms with Gasteiger partial charge in [-0.15, -0.1) is 0 Å². The van der Waals surface area contributed by atoms with E-state index < -0.39 is 5.97 Å². The molecule has 23 heavy (non-hydrogen) atoms. The van der Waals surface area contributed by atoms with Gasteiger partial charge in [-0.25, -0.2) is 0 Å². The van der Waals surface area contributed by atoms with Crippen LogP contribution in [0.5, 0.6) is 0 Å². The Kier molecular flexibility index (Phi) is 6.54. The van der Waals surface area contributed by atoms with E-state index in [4.69, 9.17) is 17.3 Å². The number of carboxylic acid groups (broad SMARTS) is 1. The van der Waals surface area contributed by atoms with E-state index in [9.17, 15) is 4.79 Å². The van der Waals surface area contributed by atoms with Crippen molar-refractivity contribution in [2.24, 2.45) is 0 Å². The van der Waals surface area contributed by atoms with Gasteiger partial charge >= 0.3 is 5.97 Å². The van der Waals surface area contributed by atoms with Crippen LogP contribution in [0.1, 0.15) is 25.3 Å². The van der Waals surface area contributed by atoms with Crippen molar-refractivity contribution in [2.45, 2.75) is 26.2 Å². The molecule has 1 N–H and O–H groups in total. The predicted octanol–water partition coefficient (Wildman–Crippen LogP) is 4.66. The van der Waals surface area contributed by atoms with Crippen molar-refractivity contribution in [3.63, 3.8) is 0 Å². The zero-order chi connectivity index (χ0) is 16.8. The predicted molar refractivity (Wildman–Crippen MR) is 102 cm³/mol. The molecular weight excluding hydrogens is 374 g/mol. The molecule has 0 radical (unpaired) electrons. The Morgan fingerprint density at radius 1 is 1.22 bits per heavy atom. The number of unbranched alkanes of at least 4 members (excludes halogenated alkanes) is 1. The molecule has 0 bridgehead atoms. The van der Waals surface area contributed by atoms with E-state index in [1.54, 1.807) is 4.90 Å². The van der Waals surface area contributed by atoms with Crippen LogP contribution in [0.2, 0.25) is 0 Å². The molecule has 0 amide bonds. The number of hydrogen-bond acceptors (Lipinski definition) is 2. The molecule has 0 saturated carbocycles. The summed E-state index contributed by atoms with van der Waals surface area (Å²) in [5.41, 5.74) is 1.13. The van der Waals surface area contributed by atoms with Crippen LogP contribution in [0.3, 0.4) is 0 Å². The maximum atomic E-state index is 11.1. The van der Waals surface area contributed by atoms with Crippen LogP contribution in [0.25, 0.3) is 10.8 Å². The summed E-state index contributed by atoms with van der Waals surface area (Å²) in [6.07, 6.45) is 2.54. The van der Waals surface area contributed by atoms with Crippen LogP contribution in [0.4, 0.5) is 0 Å². The molecule has 0 atom stereocenters. The Hall–Kier alpha value is -1.46. The summed E-state index contributed by atoms with van der Waals surface area (Å²) < 4.78 is 1.05. The Morgan fingerprint density at radius 2 is 1.91 bits per heavy atom. The number of thiocarbonyl (C=S) groups is 1. The van der Waals surface area contributed by atoms with Crippen LogP contribution in [0.15, 0.2) is 40.9 Å². The minimum absolute atomic E-state index is 0.0344. The van der Waals surface area contributed by atoms with E-state index in [-0.39, 0.29) is 6.54 Å². The van der Waals surface area contributed by atoms with Crippen LogP contribution in [-0.4, -0.2) is 34.1 Å². The lowest BCUT2D eigenvalue weighted by molar-refractivity contribution is -0.137. The first kappa shape index (κ1) is 17.9. The number of carboxylic acids is 1. The molecule has 2 aromatic carbocycles. The largest absolute Gasteiger partial charge is 0.480 e. The fourth-order valence-electron chi connectivity index (χ4n) is 2.57. The molecule has 0 aliphatic rings. The molecule has 0 aliphatic carbocycles. The molecule has 0 aromatic heterocycles. The monoisotopic (exact) mass is 393 g/mol. The molecule has 5 heteroatoms. The van der Waals surface area contributed by atoms with Crippen molar-refractivity contribution in [3.8, 4) is 0 Å². The Morgan fingerprint density at radius 3 is 2.61 bits per heavy atom. The van der Waals surface area contributed by atoms with E-state index >= 15 is 0 Å². The van der Waals surface area contributed by atoms with Crippen molar-refractivity contribution in [1.82, 2.24) is 4.90 Å². The number of benzene rings is 2. The van der Waals surface area contributed by atoms with Gasteiger partial charge in [0.1, 0.15) is 6.54 Å². The number of halogens is 1. The fraction of sp³-hybridized carbons (Fsp3) is 0.333. The van der Waals surface area contributed by atoms with Crippen molar-refractivity contribution in [3.05, 3.63) is 46.4 Å². The molecule has 0 fully saturated rings. The highest BCUT2D eigenvalue weighted by Gasteiger charge is 2.14. The van der Waals surface area contributed by atoms with Gasteiger partial charge in [0.25, 0.3) is 0 Å². The fourth-order valence-corrected chi connectivity index (χ4v) is 3.38. The topological polar surface area (TPSA) is 40.5 Å². The van der Waals surface area contributed by atoms with Crippen LogP contribution < -0.4 is 0 Å². The van der Waals surface area contributed by atoms with Gasteiger partial charge < -0.3 is 10.0 Å². The van der Waals surface area contributed by atoms with Gasteiger partial charge in [-0.05, 0) is 28.8 Å². The van der Waals surface area contributed by atoms with Gasteiger partial charge in [0.2, 0.25) is 0 Å². The number of rotatable bonds is 7. The van der Waals surface area contributed by atoms with Gasteiger partial charge in [-0.3, -0.25) is 4.79 Å². The lowest BCUT2D eigenvalue weighted by Crippen LogP contribution is -2.36. The summed E-state index contributed by atoms with van der Waals surface area (Å²) in [5, 5.41) is 11.4. The number of hydrogen-bond donors (Lipinski definition) is 1. The molecule has 0 spiro atoms. The molecule has 0 aliphatic heterocycles. The second-order valence-corrected chi connectivity index (χ2v) is 6.82. The molecule has 2 aromatic rings. The first-order valence-corrected chi connectivity index (χ1v) is 8.88. The average molecular weight is 394 g/mol. The first-order valence-electron chi connectivity index (χ1n) is 7.68. The van der Waals surface area contributed by atoms with Gasteiger partial charge in [-0.2, -0.15) is 0 Å². The van der Waals surface area contributed by atoms with Crippen LogP contribution in [0, 0.1) is 0 Å². The molecule has 0 unspecified atom stereocenters. The molecule has 0 heterocycles. The second kappa shape index (κ2) is 8.41. The quantitative estimate of drug-likeness (QED) is 0.694. The molecule has 2 rings (SSSR count). The first-order chi connectivity index (χ1) is 11.0. The molecule has 0 saturated heterocycles. The summed E-state index contributed by atoms with van der Waals surface area (Å²) in [7, 11) is 0. The van der Waals surface area contributed by atoms with Gasteiger partial charge in [0.15, 0.2) is 0 Å². The normalized spacial score (nSPS) is 10.7. The van der Waals surface area contributed by atoms with E-state index in [1.807, 2.05) is 18.2 Å². The lowest BCUT2D eigenvalue weighted by Gasteiger charge is -2.23. The number of carbonyl (C=O) groups is 1. The molecule has 122 valence electrons. The maximum absolute atomic E-state index is 11.1. The summed E-state index contributed by atoms with van der Waals surface area (Å²) in [5.74, 6) is -0.843. The third kappa shape index (κ3) is 4.75. The summed E-state index contributed by atoms with van der Waals surface area (Å²) in [4.78, 5) is 13.6. The Balaban J connectivity index is 2.24. The number of aliphatic carboxylic acids is 1. The third-order valence-electron chi connectivity index (χ3n) is 3.76. The van der Waals surface area contributed by atoms with Gasteiger partial charge in [0.05, 0.1) is 4.99 Å². The van der Waals surface area contributed by atoms with Crippen LogP contribution >= 0.6 is 28.1 Å². The smallest absolute Gasteiger partial charge is 0.323 e. The summed E-state index contributed by atoms with van der Waals surface area (Å²) in [6.45, 7) is 2.74. The van der Waals surface area contributed by atoms with Crippen molar-refractivity contribution >= 4 is 49.9 Å². The minimum atomic E-state index is -0.843. The minimum Gasteiger partial charge on any atom is -0.480 e. The summed E-state index contributed by atoms with van der Waals surface area (Å²) >= 11 is 9.11. The molecule has 3 nitrogen and oxygen atoms in total. The van der Waals surface area contributed by atoms with Crippen molar-refractivity contribution < 1.29 is 9.90 Å². The number of fused-ring (bicyclic) bond motifs is 1. The van der Waals surface area contributed by atoms with Crippen molar-refractivity contribution in [1.29, 1.82) is 0 Å². The van der Waals surface area contributed by atoms with E-state index in [0.717, 1.165) is 33.7 Å². The van der Waals surface area contributed by atoms with E-state index in [0.29, 0.717) is 18.0 Å². The number of nitrogens with zero attached hydrogens (tertiary/aromatic N) is 1. The van der Waals surface area contributed by atoms with E-state index in [1.165, 1.54) is 0 Å². The van der Waals surface area contributed by atoms with Crippen molar-refractivity contribution in [2.75, 3.05) is 13.1 Å². The van der Waals surface area contributed by atoms with Crippen LogP contribution in [-0.2, 0) is 11.2 Å². The molecular formula is C18H20BrNO2S. The second-order valence-electron chi connectivity index (χ2n) is 5.49. The SMILES string of the molecule is CCCCN(CC(=O)O)C(=S)Cc1cccc2c(Br)cccc12. The highest BCUT2D eigenvalue weighted by atomic mass is 79.9. The Bertz CT molecular complexity index is 717. The lowest BCUT2D eigenvalue weighted by atomic mass is 10.0. The summed E-state index contributed by atoms with van der Waals surface area (Å²) in [6, 6.07) is 12.2. The standard InChI is InChI=1S/C18H20BrNO2S/c1-2-3-10-20(12-18(21)22)17(23)11-13-6-4-8-15-14(13)7-5-9-16(15)19/h4-9H,2-3,10-12H2,1H3,(H,21,22). The maximum Gasteiger partial charge on any atom is 0.323 e. The van der Waals surface area contributed by atoms with Gasteiger partial charge in [0, 0.05) is 17.4 Å². The highest BCUT2D eigenvalue weighted by Crippen LogP contribution is 2.27. The van der Waals surface area contributed by atoms with E-state index in [2.05, 4.69) is 41.1 Å². The average Bonchev–Trinajstić information content (AvgIpc) is 2.52. The van der Waals surface area contributed by atoms with Gasteiger partial charge in [-0.1, -0.05) is 71.8 Å². The highest BCUT2D eigenvalue weighted by molar-refractivity contribution is 9.10. The zero-order valence-corrected chi connectivity index (χ0v) is 15.5.